The monoisotopic (exact) mass is 254 g/mol. The minimum absolute atomic E-state index is 0.193. The number of hydrogen-bond acceptors (Lipinski definition) is 2. The van der Waals surface area contributed by atoms with Crippen molar-refractivity contribution >= 4 is 11.6 Å². The van der Waals surface area contributed by atoms with Crippen molar-refractivity contribution in [1.82, 2.24) is 0 Å². The normalized spacial score (nSPS) is 22.4. The SMILES string of the molecule is Cc1ccc(C(O)CC2CCCCO2)cc1Cl. The van der Waals surface area contributed by atoms with E-state index in [0.29, 0.717) is 11.4 Å². The zero-order valence-corrected chi connectivity index (χ0v) is 10.9. The Morgan fingerprint density at radius 2 is 2.29 bits per heavy atom. The smallest absolute Gasteiger partial charge is 0.0815 e. The predicted octanol–water partition coefficient (Wildman–Crippen LogP) is 3.64. The highest BCUT2D eigenvalue weighted by molar-refractivity contribution is 6.31. The summed E-state index contributed by atoms with van der Waals surface area (Å²) in [7, 11) is 0. The summed E-state index contributed by atoms with van der Waals surface area (Å²) in [5.41, 5.74) is 1.92. The van der Waals surface area contributed by atoms with Crippen LogP contribution in [0, 0.1) is 6.92 Å². The summed E-state index contributed by atoms with van der Waals surface area (Å²) in [5, 5.41) is 10.9. The standard InChI is InChI=1S/C14H19ClO2/c1-10-5-6-11(8-13(10)15)14(16)9-12-4-2-3-7-17-12/h5-6,8,12,14,16H,2-4,7,9H2,1H3. The second-order valence-corrected chi connectivity index (χ2v) is 5.16. The van der Waals surface area contributed by atoms with Gasteiger partial charge in [-0.05, 0) is 43.4 Å². The van der Waals surface area contributed by atoms with Crippen LogP contribution < -0.4 is 0 Å². The summed E-state index contributed by atoms with van der Waals surface area (Å²) in [5.74, 6) is 0. The van der Waals surface area contributed by atoms with Crippen LogP contribution >= 0.6 is 11.6 Å². The van der Waals surface area contributed by atoms with E-state index in [9.17, 15) is 5.11 Å². The maximum Gasteiger partial charge on any atom is 0.0815 e. The highest BCUT2D eigenvalue weighted by Gasteiger charge is 2.19. The Balaban J connectivity index is 1.98. The van der Waals surface area contributed by atoms with Crippen LogP contribution in [-0.4, -0.2) is 17.8 Å². The lowest BCUT2D eigenvalue weighted by Crippen LogP contribution is -2.21. The van der Waals surface area contributed by atoms with Gasteiger partial charge in [-0.2, -0.15) is 0 Å². The van der Waals surface area contributed by atoms with E-state index < -0.39 is 6.10 Å². The lowest BCUT2D eigenvalue weighted by Gasteiger charge is -2.25. The fourth-order valence-electron chi connectivity index (χ4n) is 2.19. The third kappa shape index (κ3) is 3.44. The van der Waals surface area contributed by atoms with Gasteiger partial charge in [-0.25, -0.2) is 0 Å². The van der Waals surface area contributed by atoms with Gasteiger partial charge in [0.25, 0.3) is 0 Å². The molecule has 1 aliphatic rings. The van der Waals surface area contributed by atoms with E-state index in [1.54, 1.807) is 0 Å². The first-order chi connectivity index (χ1) is 8.16. The van der Waals surface area contributed by atoms with Gasteiger partial charge in [0.15, 0.2) is 0 Å². The van der Waals surface area contributed by atoms with Crippen molar-refractivity contribution in [3.63, 3.8) is 0 Å². The summed E-state index contributed by atoms with van der Waals surface area (Å²) in [6, 6.07) is 5.74. The Kier molecular flexibility index (Phi) is 4.43. The van der Waals surface area contributed by atoms with E-state index in [1.807, 2.05) is 25.1 Å². The third-order valence-corrected chi connectivity index (χ3v) is 3.75. The number of aliphatic hydroxyl groups is 1. The average Bonchev–Trinajstić information content (AvgIpc) is 2.34. The van der Waals surface area contributed by atoms with Gasteiger partial charge in [0.2, 0.25) is 0 Å². The van der Waals surface area contributed by atoms with E-state index in [4.69, 9.17) is 16.3 Å². The first-order valence-corrected chi connectivity index (χ1v) is 6.60. The second-order valence-electron chi connectivity index (χ2n) is 4.75. The molecule has 2 unspecified atom stereocenters. The predicted molar refractivity (Wildman–Crippen MR) is 69.4 cm³/mol. The molecule has 0 spiro atoms. The van der Waals surface area contributed by atoms with E-state index in [2.05, 4.69) is 0 Å². The minimum Gasteiger partial charge on any atom is -0.388 e. The number of ether oxygens (including phenoxy) is 1. The molecule has 0 saturated carbocycles. The van der Waals surface area contributed by atoms with Crippen LogP contribution in [0.1, 0.15) is 42.9 Å². The van der Waals surface area contributed by atoms with Gasteiger partial charge in [0.1, 0.15) is 0 Å². The molecule has 2 rings (SSSR count). The molecule has 0 radical (unpaired) electrons. The van der Waals surface area contributed by atoms with Crippen LogP contribution in [0.25, 0.3) is 0 Å². The fourth-order valence-corrected chi connectivity index (χ4v) is 2.38. The highest BCUT2D eigenvalue weighted by atomic mass is 35.5. The number of rotatable bonds is 3. The Morgan fingerprint density at radius 3 is 2.94 bits per heavy atom. The van der Waals surface area contributed by atoms with Gasteiger partial charge in [0.05, 0.1) is 12.2 Å². The van der Waals surface area contributed by atoms with Crippen molar-refractivity contribution < 1.29 is 9.84 Å². The van der Waals surface area contributed by atoms with Gasteiger partial charge >= 0.3 is 0 Å². The van der Waals surface area contributed by atoms with E-state index in [0.717, 1.165) is 30.6 Å². The number of benzene rings is 1. The van der Waals surface area contributed by atoms with Gasteiger partial charge in [0, 0.05) is 18.1 Å². The first kappa shape index (κ1) is 12.9. The molecule has 0 amide bonds. The van der Waals surface area contributed by atoms with Crippen molar-refractivity contribution in [3.05, 3.63) is 34.3 Å². The quantitative estimate of drug-likeness (QED) is 0.892. The van der Waals surface area contributed by atoms with Crippen LogP contribution in [0.3, 0.4) is 0 Å². The largest absolute Gasteiger partial charge is 0.388 e. The summed E-state index contributed by atoms with van der Waals surface area (Å²) in [4.78, 5) is 0. The summed E-state index contributed by atoms with van der Waals surface area (Å²) >= 11 is 6.06. The van der Waals surface area contributed by atoms with Gasteiger partial charge in [-0.1, -0.05) is 23.7 Å². The molecule has 2 atom stereocenters. The topological polar surface area (TPSA) is 29.5 Å². The molecule has 1 fully saturated rings. The lowest BCUT2D eigenvalue weighted by atomic mass is 9.98. The van der Waals surface area contributed by atoms with Crippen LogP contribution in [0.4, 0.5) is 0 Å². The van der Waals surface area contributed by atoms with Crippen LogP contribution in [0.5, 0.6) is 0 Å². The van der Waals surface area contributed by atoms with Crippen molar-refractivity contribution in [2.75, 3.05) is 6.61 Å². The maximum absolute atomic E-state index is 10.1. The number of halogens is 1. The van der Waals surface area contributed by atoms with Crippen molar-refractivity contribution in [1.29, 1.82) is 0 Å². The summed E-state index contributed by atoms with van der Waals surface area (Å²) in [6.07, 6.45) is 3.78. The van der Waals surface area contributed by atoms with Gasteiger partial charge in [-0.3, -0.25) is 0 Å². The Bertz CT molecular complexity index is 372. The molecule has 0 aliphatic carbocycles. The van der Waals surface area contributed by atoms with E-state index in [1.165, 1.54) is 6.42 Å². The molecule has 1 N–H and O–H groups in total. The zero-order valence-electron chi connectivity index (χ0n) is 10.2. The summed E-state index contributed by atoms with van der Waals surface area (Å²) < 4.78 is 5.63. The fraction of sp³-hybridized carbons (Fsp3) is 0.571. The minimum atomic E-state index is -0.476. The van der Waals surface area contributed by atoms with Crippen LogP contribution in [0.2, 0.25) is 5.02 Å². The molecule has 1 saturated heterocycles. The Hall–Kier alpha value is -0.570. The van der Waals surface area contributed by atoms with E-state index in [-0.39, 0.29) is 6.10 Å². The molecule has 0 aromatic heterocycles. The van der Waals surface area contributed by atoms with Crippen molar-refractivity contribution in [3.8, 4) is 0 Å². The summed E-state index contributed by atoms with van der Waals surface area (Å²) in [6.45, 7) is 2.79. The Morgan fingerprint density at radius 1 is 1.47 bits per heavy atom. The Labute approximate surface area is 108 Å². The van der Waals surface area contributed by atoms with Crippen LogP contribution in [0.15, 0.2) is 18.2 Å². The van der Waals surface area contributed by atoms with Gasteiger partial charge < -0.3 is 9.84 Å². The first-order valence-electron chi connectivity index (χ1n) is 6.22. The third-order valence-electron chi connectivity index (χ3n) is 3.34. The average molecular weight is 255 g/mol. The number of aliphatic hydroxyl groups excluding tert-OH is 1. The molecule has 2 nitrogen and oxygen atoms in total. The molecular weight excluding hydrogens is 236 g/mol. The lowest BCUT2D eigenvalue weighted by molar-refractivity contribution is -0.0155. The number of hydrogen-bond donors (Lipinski definition) is 1. The zero-order chi connectivity index (χ0) is 12.3. The molecular formula is C14H19ClO2. The number of aryl methyl sites for hydroxylation is 1. The molecule has 0 bridgehead atoms. The molecule has 1 aliphatic heterocycles. The van der Waals surface area contributed by atoms with Crippen molar-refractivity contribution in [2.24, 2.45) is 0 Å². The second kappa shape index (κ2) is 5.85. The van der Waals surface area contributed by atoms with Gasteiger partial charge in [-0.15, -0.1) is 0 Å². The molecule has 1 heterocycles. The highest BCUT2D eigenvalue weighted by Crippen LogP contribution is 2.27. The maximum atomic E-state index is 10.1. The molecule has 1 aromatic carbocycles. The van der Waals surface area contributed by atoms with Crippen LogP contribution in [-0.2, 0) is 4.74 Å². The molecule has 17 heavy (non-hydrogen) atoms. The molecule has 3 heteroatoms. The van der Waals surface area contributed by atoms with E-state index >= 15 is 0 Å². The molecule has 94 valence electrons. The molecule has 1 aromatic rings. The van der Waals surface area contributed by atoms with Crippen molar-refractivity contribution in [2.45, 2.75) is 44.8 Å².